The summed E-state index contributed by atoms with van der Waals surface area (Å²) in [7, 11) is 0. The second-order valence-corrected chi connectivity index (χ2v) is 7.53. The van der Waals surface area contributed by atoms with Crippen molar-refractivity contribution in [2.45, 2.75) is 39.2 Å². The fourth-order valence-corrected chi connectivity index (χ4v) is 3.10. The number of esters is 1. The zero-order chi connectivity index (χ0) is 22.1. The molecule has 0 aliphatic rings. The molecule has 2 N–H and O–H groups in total. The van der Waals surface area contributed by atoms with E-state index < -0.39 is 23.8 Å². The van der Waals surface area contributed by atoms with Crippen LogP contribution < -0.4 is 10.6 Å². The van der Waals surface area contributed by atoms with Gasteiger partial charge in [-0.2, -0.15) is 0 Å². The van der Waals surface area contributed by atoms with Crippen molar-refractivity contribution in [2.75, 3.05) is 11.9 Å². The predicted molar refractivity (Wildman–Crippen MR) is 111 cm³/mol. The Kier molecular flexibility index (Phi) is 8.67. The Labute approximate surface area is 177 Å². The highest BCUT2D eigenvalue weighted by molar-refractivity contribution is 7.12. The van der Waals surface area contributed by atoms with Crippen LogP contribution in [0.5, 0.6) is 0 Å². The SMILES string of the molecule is Cc1ccc(NC(=O)[C@@H](C)OC(=O)CCNC(=O)CCC(=O)c2cccs2)cc1F. The minimum Gasteiger partial charge on any atom is -0.452 e. The van der Waals surface area contributed by atoms with Gasteiger partial charge in [-0.05, 0) is 43.0 Å². The number of carbonyl (C=O) groups is 4. The van der Waals surface area contributed by atoms with Gasteiger partial charge in [0.15, 0.2) is 11.9 Å². The molecule has 0 saturated carbocycles. The maximum absolute atomic E-state index is 13.5. The number of carbonyl (C=O) groups excluding carboxylic acids is 4. The Balaban J connectivity index is 1.65. The number of hydrogen-bond donors (Lipinski definition) is 2. The van der Waals surface area contributed by atoms with E-state index in [0.717, 1.165) is 0 Å². The largest absolute Gasteiger partial charge is 0.452 e. The van der Waals surface area contributed by atoms with E-state index in [4.69, 9.17) is 4.74 Å². The quantitative estimate of drug-likeness (QED) is 0.442. The van der Waals surface area contributed by atoms with Gasteiger partial charge in [-0.3, -0.25) is 19.2 Å². The van der Waals surface area contributed by atoms with Gasteiger partial charge >= 0.3 is 5.97 Å². The van der Waals surface area contributed by atoms with Crippen molar-refractivity contribution < 1.29 is 28.3 Å². The lowest BCUT2D eigenvalue weighted by Gasteiger charge is -2.14. The van der Waals surface area contributed by atoms with Gasteiger partial charge in [-0.25, -0.2) is 4.39 Å². The second-order valence-electron chi connectivity index (χ2n) is 6.59. The molecule has 1 aromatic heterocycles. The number of amides is 2. The van der Waals surface area contributed by atoms with Crippen molar-refractivity contribution in [1.29, 1.82) is 0 Å². The van der Waals surface area contributed by atoms with E-state index in [1.54, 1.807) is 30.5 Å². The fraction of sp³-hybridized carbons (Fsp3) is 0.333. The van der Waals surface area contributed by atoms with E-state index in [1.807, 2.05) is 0 Å². The van der Waals surface area contributed by atoms with Crippen molar-refractivity contribution in [1.82, 2.24) is 5.32 Å². The summed E-state index contributed by atoms with van der Waals surface area (Å²) in [5, 5.41) is 6.80. The first-order valence-corrected chi connectivity index (χ1v) is 10.2. The molecule has 0 aliphatic heterocycles. The molecule has 30 heavy (non-hydrogen) atoms. The van der Waals surface area contributed by atoms with Gasteiger partial charge in [0.05, 0.1) is 11.3 Å². The normalized spacial score (nSPS) is 11.4. The van der Waals surface area contributed by atoms with Crippen LogP contribution in [0.25, 0.3) is 0 Å². The monoisotopic (exact) mass is 434 g/mol. The Bertz CT molecular complexity index is 914. The Hall–Kier alpha value is -3.07. The molecule has 0 bridgehead atoms. The highest BCUT2D eigenvalue weighted by atomic mass is 32.1. The third-order valence-corrected chi connectivity index (χ3v) is 5.05. The number of Topliss-reactive ketones (excluding diaryl/α,β-unsaturated/α-hetero) is 1. The van der Waals surface area contributed by atoms with Crippen LogP contribution in [0.3, 0.4) is 0 Å². The molecule has 2 rings (SSSR count). The molecule has 0 aliphatic carbocycles. The lowest BCUT2D eigenvalue weighted by Crippen LogP contribution is -2.32. The number of halogens is 1. The Morgan fingerprint density at radius 2 is 1.90 bits per heavy atom. The summed E-state index contributed by atoms with van der Waals surface area (Å²) < 4.78 is 18.5. The van der Waals surface area contributed by atoms with Crippen molar-refractivity contribution in [3.05, 3.63) is 52.0 Å². The minimum absolute atomic E-state index is 0.0255. The van der Waals surface area contributed by atoms with Gasteiger partial charge < -0.3 is 15.4 Å². The molecular formula is C21H23FN2O5S. The topological polar surface area (TPSA) is 102 Å². The molecular weight excluding hydrogens is 411 g/mol. The van der Waals surface area contributed by atoms with Crippen molar-refractivity contribution in [3.8, 4) is 0 Å². The summed E-state index contributed by atoms with van der Waals surface area (Å²) in [6.07, 6.45) is -1.09. The van der Waals surface area contributed by atoms with Crippen LogP contribution in [0.15, 0.2) is 35.7 Å². The highest BCUT2D eigenvalue weighted by Crippen LogP contribution is 2.14. The van der Waals surface area contributed by atoms with Crippen LogP contribution in [0, 0.1) is 12.7 Å². The molecule has 0 saturated heterocycles. The molecule has 7 nitrogen and oxygen atoms in total. The fourth-order valence-electron chi connectivity index (χ4n) is 2.40. The van der Waals surface area contributed by atoms with E-state index in [1.165, 1.54) is 30.4 Å². The zero-order valence-corrected chi connectivity index (χ0v) is 17.5. The molecule has 0 unspecified atom stereocenters. The molecule has 160 valence electrons. The summed E-state index contributed by atoms with van der Waals surface area (Å²) in [5.41, 5.74) is 0.709. The van der Waals surface area contributed by atoms with Crippen LogP contribution in [0.1, 0.15) is 41.4 Å². The summed E-state index contributed by atoms with van der Waals surface area (Å²) >= 11 is 1.32. The number of hydrogen-bond acceptors (Lipinski definition) is 6. The average molecular weight is 434 g/mol. The van der Waals surface area contributed by atoms with Crippen molar-refractivity contribution >= 4 is 40.6 Å². The number of ketones is 1. The molecule has 9 heteroatoms. The number of nitrogens with one attached hydrogen (secondary N) is 2. The average Bonchev–Trinajstić information content (AvgIpc) is 3.23. The first-order valence-electron chi connectivity index (χ1n) is 9.36. The van der Waals surface area contributed by atoms with Crippen LogP contribution in [0.2, 0.25) is 0 Å². The van der Waals surface area contributed by atoms with Gasteiger partial charge in [0, 0.05) is 25.1 Å². The highest BCUT2D eigenvalue weighted by Gasteiger charge is 2.18. The first kappa shape index (κ1) is 23.2. The summed E-state index contributed by atoms with van der Waals surface area (Å²) in [5.74, 6) is -2.16. The minimum atomic E-state index is -1.08. The van der Waals surface area contributed by atoms with Gasteiger partial charge in [-0.15, -0.1) is 11.3 Å². The van der Waals surface area contributed by atoms with Gasteiger partial charge in [-0.1, -0.05) is 12.1 Å². The standard InChI is InChI=1S/C21H23FN2O5S/c1-13-5-6-15(12-16(13)22)24-21(28)14(2)29-20(27)9-10-23-19(26)8-7-17(25)18-4-3-11-30-18/h3-6,11-12,14H,7-10H2,1-2H3,(H,23,26)(H,24,28)/t14-/m1/s1. The second kappa shape index (κ2) is 11.2. The summed E-state index contributed by atoms with van der Waals surface area (Å²) in [6.45, 7) is 3.03. The van der Waals surface area contributed by atoms with Crippen LogP contribution in [0.4, 0.5) is 10.1 Å². The third-order valence-electron chi connectivity index (χ3n) is 4.14. The summed E-state index contributed by atoms with van der Waals surface area (Å²) in [6, 6.07) is 7.72. The Morgan fingerprint density at radius 3 is 2.57 bits per heavy atom. The lowest BCUT2D eigenvalue weighted by molar-refractivity contribution is -0.153. The molecule has 1 atom stereocenters. The van der Waals surface area contributed by atoms with Crippen LogP contribution in [-0.4, -0.2) is 36.2 Å². The van der Waals surface area contributed by atoms with Gasteiger partial charge in [0.2, 0.25) is 5.91 Å². The van der Waals surface area contributed by atoms with E-state index >= 15 is 0 Å². The number of anilines is 1. The van der Waals surface area contributed by atoms with E-state index in [0.29, 0.717) is 10.4 Å². The molecule has 1 heterocycles. The maximum Gasteiger partial charge on any atom is 0.308 e. The van der Waals surface area contributed by atoms with Crippen LogP contribution >= 0.6 is 11.3 Å². The molecule has 2 amide bonds. The van der Waals surface area contributed by atoms with Gasteiger partial charge in [0.25, 0.3) is 5.91 Å². The van der Waals surface area contributed by atoms with E-state index in [-0.39, 0.29) is 43.2 Å². The number of ether oxygens (including phenoxy) is 1. The summed E-state index contributed by atoms with van der Waals surface area (Å²) in [4.78, 5) is 48.1. The number of benzene rings is 1. The van der Waals surface area contributed by atoms with Crippen molar-refractivity contribution in [3.63, 3.8) is 0 Å². The molecule has 0 fully saturated rings. The first-order chi connectivity index (χ1) is 14.3. The number of rotatable bonds is 10. The van der Waals surface area contributed by atoms with Crippen molar-refractivity contribution in [2.24, 2.45) is 0 Å². The molecule has 2 aromatic rings. The third kappa shape index (κ3) is 7.40. The number of thiophene rings is 1. The maximum atomic E-state index is 13.5. The smallest absolute Gasteiger partial charge is 0.308 e. The van der Waals surface area contributed by atoms with Crippen LogP contribution in [-0.2, 0) is 19.1 Å². The van der Waals surface area contributed by atoms with E-state index in [2.05, 4.69) is 10.6 Å². The van der Waals surface area contributed by atoms with E-state index in [9.17, 15) is 23.6 Å². The lowest BCUT2D eigenvalue weighted by atomic mass is 10.2. The zero-order valence-electron chi connectivity index (χ0n) is 16.7. The number of aryl methyl sites for hydroxylation is 1. The van der Waals surface area contributed by atoms with Gasteiger partial charge in [0.1, 0.15) is 5.82 Å². The Morgan fingerprint density at radius 1 is 1.13 bits per heavy atom. The molecule has 1 aromatic carbocycles. The molecule has 0 radical (unpaired) electrons. The predicted octanol–water partition coefficient (Wildman–Crippen LogP) is 3.24. The molecule has 0 spiro atoms.